The third-order valence-corrected chi connectivity index (χ3v) is 4.27. The summed E-state index contributed by atoms with van der Waals surface area (Å²) in [5, 5.41) is 7.19. The lowest BCUT2D eigenvalue weighted by Crippen LogP contribution is -2.32. The van der Waals surface area contributed by atoms with Crippen LogP contribution in [0.2, 0.25) is 0 Å². The molecule has 0 aliphatic heterocycles. The molecule has 0 fully saturated rings. The van der Waals surface area contributed by atoms with Crippen LogP contribution in [-0.4, -0.2) is 32.5 Å². The zero-order valence-electron chi connectivity index (χ0n) is 15.1. The first kappa shape index (κ1) is 17.9. The van der Waals surface area contributed by atoms with Crippen LogP contribution in [0.3, 0.4) is 0 Å². The highest BCUT2D eigenvalue weighted by molar-refractivity contribution is 5.92. The van der Waals surface area contributed by atoms with Gasteiger partial charge in [0.25, 0.3) is 5.91 Å². The summed E-state index contributed by atoms with van der Waals surface area (Å²) in [6.45, 7) is 3.26. The molecule has 3 aromatic rings. The minimum atomic E-state index is -0.0524. The van der Waals surface area contributed by atoms with E-state index in [9.17, 15) is 4.79 Å². The van der Waals surface area contributed by atoms with Crippen LogP contribution in [-0.2, 0) is 19.4 Å². The number of aromatic amines is 1. The van der Waals surface area contributed by atoms with Crippen LogP contribution in [0.5, 0.6) is 0 Å². The highest BCUT2D eigenvalue weighted by atomic mass is 16.2. The number of aromatic nitrogens is 3. The van der Waals surface area contributed by atoms with Crippen molar-refractivity contribution in [3.63, 3.8) is 0 Å². The molecule has 1 amide bonds. The summed E-state index contributed by atoms with van der Waals surface area (Å²) in [4.78, 5) is 19.0. The van der Waals surface area contributed by atoms with Crippen LogP contribution in [0.25, 0.3) is 0 Å². The second-order valence-corrected chi connectivity index (χ2v) is 6.35. The molecule has 0 saturated carbocycles. The summed E-state index contributed by atoms with van der Waals surface area (Å²) in [5.74, 6) is -0.0524. The molecule has 0 bridgehead atoms. The van der Waals surface area contributed by atoms with Gasteiger partial charge in [-0.25, -0.2) is 0 Å². The standard InChI is InChI=1S/C21H24N4O/c1-2-7-19-14-20(24-23-19)21(26)25(16-18-10-6-12-22-15-18)13-11-17-8-4-3-5-9-17/h3-6,8-10,12,14-15H,2,7,11,13,16H2,1H3,(H,23,24). The van der Waals surface area contributed by atoms with Gasteiger partial charge in [-0.2, -0.15) is 5.10 Å². The number of hydrogen-bond donors (Lipinski definition) is 1. The maximum absolute atomic E-state index is 13.0. The van der Waals surface area contributed by atoms with Crippen molar-refractivity contribution in [1.29, 1.82) is 0 Å². The lowest BCUT2D eigenvalue weighted by atomic mass is 10.1. The Morgan fingerprint density at radius 1 is 1.08 bits per heavy atom. The van der Waals surface area contributed by atoms with Crippen molar-refractivity contribution < 1.29 is 4.79 Å². The topological polar surface area (TPSA) is 61.9 Å². The Balaban J connectivity index is 1.75. The summed E-state index contributed by atoms with van der Waals surface area (Å²) >= 11 is 0. The molecule has 134 valence electrons. The molecule has 1 N–H and O–H groups in total. The molecule has 2 aromatic heterocycles. The number of pyridine rings is 1. The van der Waals surface area contributed by atoms with E-state index in [1.165, 1.54) is 5.56 Å². The van der Waals surface area contributed by atoms with E-state index in [0.29, 0.717) is 18.8 Å². The van der Waals surface area contributed by atoms with Gasteiger partial charge in [0, 0.05) is 31.2 Å². The first-order chi connectivity index (χ1) is 12.8. The average Bonchev–Trinajstić information content (AvgIpc) is 3.15. The third kappa shape index (κ3) is 4.79. The number of carbonyl (C=O) groups is 1. The summed E-state index contributed by atoms with van der Waals surface area (Å²) < 4.78 is 0. The molecule has 0 aliphatic carbocycles. The van der Waals surface area contributed by atoms with E-state index < -0.39 is 0 Å². The van der Waals surface area contributed by atoms with Crippen molar-refractivity contribution in [3.8, 4) is 0 Å². The number of carbonyl (C=O) groups excluding carboxylic acids is 1. The molecule has 0 radical (unpaired) electrons. The number of nitrogens with one attached hydrogen (secondary N) is 1. The van der Waals surface area contributed by atoms with Crippen molar-refractivity contribution in [2.45, 2.75) is 32.7 Å². The Hall–Kier alpha value is -2.95. The fourth-order valence-electron chi connectivity index (χ4n) is 2.90. The van der Waals surface area contributed by atoms with Gasteiger partial charge in [-0.3, -0.25) is 14.9 Å². The molecule has 1 aromatic carbocycles. The highest BCUT2D eigenvalue weighted by Crippen LogP contribution is 2.12. The molecule has 0 unspecified atom stereocenters. The van der Waals surface area contributed by atoms with Crippen molar-refractivity contribution in [2.75, 3.05) is 6.54 Å². The van der Waals surface area contributed by atoms with Gasteiger partial charge in [-0.1, -0.05) is 49.7 Å². The van der Waals surface area contributed by atoms with Gasteiger partial charge >= 0.3 is 0 Å². The number of amides is 1. The zero-order chi connectivity index (χ0) is 18.2. The summed E-state index contributed by atoms with van der Waals surface area (Å²) in [6, 6.07) is 16.0. The predicted molar refractivity (Wildman–Crippen MR) is 102 cm³/mol. The van der Waals surface area contributed by atoms with E-state index in [1.54, 1.807) is 12.4 Å². The fraction of sp³-hybridized carbons (Fsp3) is 0.286. The molecule has 0 atom stereocenters. The summed E-state index contributed by atoms with van der Waals surface area (Å²) in [5.41, 5.74) is 3.70. The molecule has 3 rings (SSSR count). The molecule has 5 heteroatoms. The maximum atomic E-state index is 13.0. The van der Waals surface area contributed by atoms with Gasteiger partial charge in [0.1, 0.15) is 5.69 Å². The number of nitrogens with zero attached hydrogens (tertiary/aromatic N) is 3. The van der Waals surface area contributed by atoms with Crippen LogP contribution in [0.1, 0.15) is 40.7 Å². The largest absolute Gasteiger partial charge is 0.333 e. The molecule has 0 aliphatic rings. The van der Waals surface area contributed by atoms with Gasteiger partial charge < -0.3 is 4.90 Å². The van der Waals surface area contributed by atoms with E-state index in [2.05, 4.69) is 34.2 Å². The molecule has 2 heterocycles. The Morgan fingerprint density at radius 2 is 1.88 bits per heavy atom. The lowest BCUT2D eigenvalue weighted by molar-refractivity contribution is 0.0739. The Kier molecular flexibility index (Phi) is 6.14. The quantitative estimate of drug-likeness (QED) is 0.676. The number of aryl methyl sites for hydroxylation is 1. The monoisotopic (exact) mass is 348 g/mol. The van der Waals surface area contributed by atoms with E-state index in [4.69, 9.17) is 0 Å². The first-order valence-corrected chi connectivity index (χ1v) is 9.02. The van der Waals surface area contributed by atoms with Crippen molar-refractivity contribution >= 4 is 5.91 Å². The molecule has 26 heavy (non-hydrogen) atoms. The SMILES string of the molecule is CCCc1cc(C(=O)N(CCc2ccccc2)Cc2cccnc2)n[nH]1. The number of H-pyrrole nitrogens is 1. The van der Waals surface area contributed by atoms with Crippen molar-refractivity contribution in [1.82, 2.24) is 20.1 Å². The number of benzene rings is 1. The smallest absolute Gasteiger partial charge is 0.274 e. The van der Waals surface area contributed by atoms with Crippen LogP contribution >= 0.6 is 0 Å². The van der Waals surface area contributed by atoms with Gasteiger partial charge in [-0.05, 0) is 36.1 Å². The van der Waals surface area contributed by atoms with Crippen molar-refractivity contribution in [2.24, 2.45) is 0 Å². The van der Waals surface area contributed by atoms with Crippen LogP contribution in [0.4, 0.5) is 0 Å². The molecule has 0 saturated heterocycles. The molecular weight excluding hydrogens is 324 g/mol. The molecular formula is C21H24N4O. The minimum absolute atomic E-state index is 0.0524. The van der Waals surface area contributed by atoms with Gasteiger partial charge in [0.2, 0.25) is 0 Å². The molecule has 5 nitrogen and oxygen atoms in total. The Morgan fingerprint density at radius 3 is 2.62 bits per heavy atom. The molecule has 0 spiro atoms. The van der Waals surface area contributed by atoms with Crippen LogP contribution < -0.4 is 0 Å². The lowest BCUT2D eigenvalue weighted by Gasteiger charge is -2.22. The van der Waals surface area contributed by atoms with Gasteiger partial charge in [0.15, 0.2) is 0 Å². The van der Waals surface area contributed by atoms with Gasteiger partial charge in [0.05, 0.1) is 0 Å². The second-order valence-electron chi connectivity index (χ2n) is 6.35. The zero-order valence-corrected chi connectivity index (χ0v) is 15.1. The predicted octanol–water partition coefficient (Wildman–Crippen LogP) is 3.64. The van der Waals surface area contributed by atoms with Gasteiger partial charge in [-0.15, -0.1) is 0 Å². The first-order valence-electron chi connectivity index (χ1n) is 9.02. The number of hydrogen-bond acceptors (Lipinski definition) is 3. The average molecular weight is 348 g/mol. The summed E-state index contributed by atoms with van der Waals surface area (Å²) in [6.07, 6.45) is 6.26. The second kappa shape index (κ2) is 8.94. The number of rotatable bonds is 8. The van der Waals surface area contributed by atoms with E-state index in [0.717, 1.165) is 30.5 Å². The van der Waals surface area contributed by atoms with Crippen LogP contribution in [0, 0.1) is 0 Å². The van der Waals surface area contributed by atoms with Crippen molar-refractivity contribution in [3.05, 3.63) is 83.4 Å². The highest BCUT2D eigenvalue weighted by Gasteiger charge is 2.19. The van der Waals surface area contributed by atoms with Crippen LogP contribution in [0.15, 0.2) is 60.9 Å². The minimum Gasteiger partial charge on any atom is -0.333 e. The maximum Gasteiger partial charge on any atom is 0.274 e. The normalized spacial score (nSPS) is 10.7. The third-order valence-electron chi connectivity index (χ3n) is 4.27. The van der Waals surface area contributed by atoms with E-state index in [-0.39, 0.29) is 5.91 Å². The Labute approximate surface area is 154 Å². The Bertz CT molecular complexity index is 814. The van der Waals surface area contributed by atoms with E-state index in [1.807, 2.05) is 41.3 Å². The summed E-state index contributed by atoms with van der Waals surface area (Å²) in [7, 11) is 0. The van der Waals surface area contributed by atoms with E-state index >= 15 is 0 Å². The fourth-order valence-corrected chi connectivity index (χ4v) is 2.90.